The van der Waals surface area contributed by atoms with Gasteiger partial charge in [0.25, 0.3) is 0 Å². The number of hydrogen-bond acceptors (Lipinski definition) is 5. The normalized spacial score (nSPS) is 21.1. The molecule has 7 heteroatoms. The predicted molar refractivity (Wildman–Crippen MR) is 77.4 cm³/mol. The summed E-state index contributed by atoms with van der Waals surface area (Å²) in [5.74, 6) is -0.822. The van der Waals surface area contributed by atoms with Crippen LogP contribution in [0.25, 0.3) is 0 Å². The summed E-state index contributed by atoms with van der Waals surface area (Å²) in [6.45, 7) is 5.94. The first kappa shape index (κ1) is 15.2. The first-order valence-electron chi connectivity index (χ1n) is 6.85. The van der Waals surface area contributed by atoms with Gasteiger partial charge >= 0.3 is 11.7 Å². The van der Waals surface area contributed by atoms with Crippen LogP contribution in [0.5, 0.6) is 0 Å². The standard InChI is InChI=1S/C14H19N3O4/c1-9-5-6-10(17(20)21)12(15-9)16-8-4-7-14(2,3)11(16)13(18)19/h5-6,11H,4,7-8H2,1-3H3,(H,18,19). The molecule has 7 nitrogen and oxygen atoms in total. The first-order valence-corrected chi connectivity index (χ1v) is 6.85. The van der Waals surface area contributed by atoms with Gasteiger partial charge in [0.15, 0.2) is 0 Å². The molecule has 1 fully saturated rings. The van der Waals surface area contributed by atoms with Crippen molar-refractivity contribution in [2.75, 3.05) is 11.4 Å². The fourth-order valence-corrected chi connectivity index (χ4v) is 2.98. The van der Waals surface area contributed by atoms with Crippen LogP contribution in [-0.2, 0) is 4.79 Å². The van der Waals surface area contributed by atoms with Crippen LogP contribution < -0.4 is 4.90 Å². The Labute approximate surface area is 122 Å². The topological polar surface area (TPSA) is 96.6 Å². The summed E-state index contributed by atoms with van der Waals surface area (Å²) in [5.41, 5.74) is 0.0105. The molecule has 1 aromatic heterocycles. The van der Waals surface area contributed by atoms with E-state index in [1.807, 2.05) is 13.8 Å². The lowest BCUT2D eigenvalue weighted by Crippen LogP contribution is -2.54. The van der Waals surface area contributed by atoms with Gasteiger partial charge in [-0.1, -0.05) is 13.8 Å². The zero-order chi connectivity index (χ0) is 15.8. The molecule has 1 N–H and O–H groups in total. The second-order valence-corrected chi connectivity index (χ2v) is 6.08. The fraction of sp³-hybridized carbons (Fsp3) is 0.571. The summed E-state index contributed by atoms with van der Waals surface area (Å²) < 4.78 is 0. The van der Waals surface area contributed by atoms with Crippen LogP contribution in [0.3, 0.4) is 0 Å². The smallest absolute Gasteiger partial charge is 0.326 e. The van der Waals surface area contributed by atoms with Gasteiger partial charge in [0.2, 0.25) is 5.82 Å². The van der Waals surface area contributed by atoms with Crippen molar-refractivity contribution in [1.29, 1.82) is 0 Å². The Morgan fingerprint density at radius 2 is 2.19 bits per heavy atom. The highest BCUT2D eigenvalue weighted by Gasteiger charge is 2.44. The summed E-state index contributed by atoms with van der Waals surface area (Å²) in [5, 5.41) is 20.8. The third kappa shape index (κ3) is 2.81. The molecule has 1 saturated heterocycles. The second kappa shape index (κ2) is 5.31. The SMILES string of the molecule is Cc1ccc([N+](=O)[O-])c(N2CCCC(C)(C)C2C(=O)O)n1. The Morgan fingerprint density at radius 3 is 2.76 bits per heavy atom. The lowest BCUT2D eigenvalue weighted by molar-refractivity contribution is -0.384. The van der Waals surface area contributed by atoms with Crippen LogP contribution in [0.15, 0.2) is 12.1 Å². The highest BCUT2D eigenvalue weighted by molar-refractivity contribution is 5.80. The number of pyridine rings is 1. The molecule has 0 saturated carbocycles. The van der Waals surface area contributed by atoms with Crippen molar-refractivity contribution in [1.82, 2.24) is 4.98 Å². The van der Waals surface area contributed by atoms with Gasteiger partial charge in [0.05, 0.1) is 4.92 Å². The predicted octanol–water partition coefficient (Wildman–Crippen LogP) is 2.38. The molecule has 114 valence electrons. The van der Waals surface area contributed by atoms with Gasteiger partial charge in [-0.2, -0.15) is 0 Å². The van der Waals surface area contributed by atoms with Gasteiger partial charge in [-0.25, -0.2) is 9.78 Å². The number of hydrogen-bond donors (Lipinski definition) is 1. The number of carboxylic acid groups (broad SMARTS) is 1. The number of aromatic nitrogens is 1. The molecule has 0 spiro atoms. The molecule has 1 aliphatic rings. The average Bonchev–Trinajstić information content (AvgIpc) is 2.36. The van der Waals surface area contributed by atoms with E-state index in [-0.39, 0.29) is 11.5 Å². The van der Waals surface area contributed by atoms with Gasteiger partial charge in [0.1, 0.15) is 6.04 Å². The molecule has 0 aromatic carbocycles. The van der Waals surface area contributed by atoms with Crippen molar-refractivity contribution in [3.05, 3.63) is 27.9 Å². The summed E-state index contributed by atoms with van der Waals surface area (Å²) in [6.07, 6.45) is 1.55. The minimum Gasteiger partial charge on any atom is -0.480 e. The molecule has 1 atom stereocenters. The van der Waals surface area contributed by atoms with Gasteiger partial charge in [-0.3, -0.25) is 10.1 Å². The van der Waals surface area contributed by atoms with Gasteiger partial charge in [-0.15, -0.1) is 0 Å². The number of aliphatic carboxylic acids is 1. The molecule has 1 unspecified atom stereocenters. The van der Waals surface area contributed by atoms with E-state index in [0.717, 1.165) is 12.8 Å². The Balaban J connectivity index is 2.55. The fourth-order valence-electron chi connectivity index (χ4n) is 2.98. The van der Waals surface area contributed by atoms with Crippen molar-refractivity contribution in [2.45, 2.75) is 39.7 Å². The van der Waals surface area contributed by atoms with Gasteiger partial charge in [-0.05, 0) is 31.2 Å². The molecule has 0 bridgehead atoms. The van der Waals surface area contributed by atoms with E-state index in [1.165, 1.54) is 6.07 Å². The maximum atomic E-state index is 11.7. The number of carbonyl (C=O) groups is 1. The Kier molecular flexibility index (Phi) is 3.85. The van der Waals surface area contributed by atoms with Crippen LogP contribution in [0, 0.1) is 22.5 Å². The maximum absolute atomic E-state index is 11.7. The number of nitro groups is 1. The van der Waals surface area contributed by atoms with Crippen molar-refractivity contribution >= 4 is 17.5 Å². The lowest BCUT2D eigenvalue weighted by Gasteiger charge is -2.44. The third-order valence-electron chi connectivity index (χ3n) is 3.97. The Hall–Kier alpha value is -2.18. The summed E-state index contributed by atoms with van der Waals surface area (Å²) in [4.78, 5) is 28.2. The molecule has 0 radical (unpaired) electrons. The zero-order valence-corrected chi connectivity index (χ0v) is 12.4. The van der Waals surface area contributed by atoms with E-state index in [1.54, 1.807) is 17.9 Å². The number of rotatable bonds is 3. The number of piperidine rings is 1. The van der Waals surface area contributed by atoms with Gasteiger partial charge < -0.3 is 10.0 Å². The number of aryl methyl sites for hydroxylation is 1. The molecule has 1 aliphatic heterocycles. The van der Waals surface area contributed by atoms with E-state index >= 15 is 0 Å². The molecular formula is C14H19N3O4. The number of carboxylic acids is 1. The third-order valence-corrected chi connectivity index (χ3v) is 3.97. The minimum absolute atomic E-state index is 0.149. The Morgan fingerprint density at radius 1 is 1.52 bits per heavy atom. The van der Waals surface area contributed by atoms with Crippen molar-refractivity contribution in [2.24, 2.45) is 5.41 Å². The molecular weight excluding hydrogens is 274 g/mol. The molecule has 2 heterocycles. The van der Waals surface area contributed by atoms with E-state index in [2.05, 4.69) is 4.98 Å². The van der Waals surface area contributed by atoms with E-state index in [0.29, 0.717) is 12.2 Å². The lowest BCUT2D eigenvalue weighted by atomic mass is 9.76. The number of anilines is 1. The average molecular weight is 293 g/mol. The van der Waals surface area contributed by atoms with Crippen LogP contribution in [-0.4, -0.2) is 33.6 Å². The Bertz CT molecular complexity index is 586. The van der Waals surface area contributed by atoms with E-state index < -0.39 is 22.3 Å². The summed E-state index contributed by atoms with van der Waals surface area (Å²) >= 11 is 0. The monoisotopic (exact) mass is 293 g/mol. The molecule has 0 aliphatic carbocycles. The largest absolute Gasteiger partial charge is 0.480 e. The van der Waals surface area contributed by atoms with E-state index in [4.69, 9.17) is 0 Å². The first-order chi connectivity index (χ1) is 9.74. The van der Waals surface area contributed by atoms with Crippen LogP contribution in [0.1, 0.15) is 32.4 Å². The maximum Gasteiger partial charge on any atom is 0.326 e. The van der Waals surface area contributed by atoms with Crippen LogP contribution in [0.4, 0.5) is 11.5 Å². The number of nitrogens with zero attached hydrogens (tertiary/aromatic N) is 3. The van der Waals surface area contributed by atoms with Crippen LogP contribution in [0.2, 0.25) is 0 Å². The van der Waals surface area contributed by atoms with Crippen LogP contribution >= 0.6 is 0 Å². The zero-order valence-electron chi connectivity index (χ0n) is 12.4. The quantitative estimate of drug-likeness (QED) is 0.679. The second-order valence-electron chi connectivity index (χ2n) is 6.08. The molecule has 0 amide bonds. The van der Waals surface area contributed by atoms with E-state index in [9.17, 15) is 20.0 Å². The highest BCUT2D eigenvalue weighted by atomic mass is 16.6. The molecule has 21 heavy (non-hydrogen) atoms. The summed E-state index contributed by atoms with van der Waals surface area (Å²) in [7, 11) is 0. The highest BCUT2D eigenvalue weighted by Crippen LogP contribution is 2.39. The van der Waals surface area contributed by atoms with Gasteiger partial charge in [0, 0.05) is 18.3 Å². The minimum atomic E-state index is -0.975. The van der Waals surface area contributed by atoms with Crippen molar-refractivity contribution < 1.29 is 14.8 Å². The van der Waals surface area contributed by atoms with Crippen molar-refractivity contribution in [3.8, 4) is 0 Å². The molecule has 2 rings (SSSR count). The molecule has 1 aromatic rings. The summed E-state index contributed by atoms with van der Waals surface area (Å²) in [6, 6.07) is 2.13. The van der Waals surface area contributed by atoms with Crippen molar-refractivity contribution in [3.63, 3.8) is 0 Å².